The van der Waals surface area contributed by atoms with Crippen LogP contribution < -0.4 is 0 Å². The Kier molecular flexibility index (Phi) is 3.52. The van der Waals surface area contributed by atoms with E-state index in [1.165, 1.54) is 5.69 Å². The summed E-state index contributed by atoms with van der Waals surface area (Å²) in [5.74, 6) is 0.611. The highest BCUT2D eigenvalue weighted by atomic mass is 16.3. The molecule has 1 N–H and O–H groups in total. The standard InChI is InChI=1S/C14H25N3O/c1-10(2)6-11-7-12-8-16(5)9-13(14(3,4)18)17(12)15-11/h7,10,13,18H,6,8-9H2,1-5H3. The number of nitrogens with zero attached hydrogens (tertiary/aromatic N) is 3. The van der Waals surface area contributed by atoms with Crippen molar-refractivity contribution in [2.24, 2.45) is 5.92 Å². The van der Waals surface area contributed by atoms with Gasteiger partial charge in [0, 0.05) is 13.1 Å². The van der Waals surface area contributed by atoms with E-state index in [1.54, 1.807) is 0 Å². The average Bonchev–Trinajstić information content (AvgIpc) is 2.55. The van der Waals surface area contributed by atoms with Gasteiger partial charge in [-0.05, 0) is 39.3 Å². The van der Waals surface area contributed by atoms with Crippen molar-refractivity contribution < 1.29 is 5.11 Å². The fourth-order valence-corrected chi connectivity index (χ4v) is 2.63. The van der Waals surface area contributed by atoms with Gasteiger partial charge in [-0.25, -0.2) is 0 Å². The van der Waals surface area contributed by atoms with Crippen molar-refractivity contribution in [3.05, 3.63) is 17.5 Å². The highest BCUT2D eigenvalue weighted by Crippen LogP contribution is 2.29. The van der Waals surface area contributed by atoms with Gasteiger partial charge in [-0.3, -0.25) is 9.58 Å². The molecule has 0 amide bonds. The van der Waals surface area contributed by atoms with E-state index in [9.17, 15) is 5.11 Å². The summed E-state index contributed by atoms with van der Waals surface area (Å²) in [5.41, 5.74) is 1.61. The molecule has 0 saturated carbocycles. The maximum absolute atomic E-state index is 10.3. The van der Waals surface area contributed by atoms with Crippen LogP contribution in [0.1, 0.15) is 45.1 Å². The van der Waals surface area contributed by atoms with Gasteiger partial charge in [0.2, 0.25) is 0 Å². The average molecular weight is 251 g/mol. The second kappa shape index (κ2) is 4.67. The molecule has 2 heterocycles. The lowest BCUT2D eigenvalue weighted by Gasteiger charge is -2.37. The molecule has 0 saturated heterocycles. The van der Waals surface area contributed by atoms with Crippen molar-refractivity contribution in [3.8, 4) is 0 Å². The van der Waals surface area contributed by atoms with Crippen LogP contribution in [0.3, 0.4) is 0 Å². The van der Waals surface area contributed by atoms with E-state index in [1.807, 2.05) is 18.5 Å². The minimum absolute atomic E-state index is 0.0344. The summed E-state index contributed by atoms with van der Waals surface area (Å²) < 4.78 is 2.04. The van der Waals surface area contributed by atoms with Crippen molar-refractivity contribution in [1.82, 2.24) is 14.7 Å². The van der Waals surface area contributed by atoms with Crippen LogP contribution in [0.4, 0.5) is 0 Å². The third-order valence-corrected chi connectivity index (χ3v) is 3.51. The maximum atomic E-state index is 10.3. The van der Waals surface area contributed by atoms with Crippen molar-refractivity contribution in [2.75, 3.05) is 13.6 Å². The Morgan fingerprint density at radius 3 is 2.72 bits per heavy atom. The molecular weight excluding hydrogens is 226 g/mol. The molecule has 0 fully saturated rings. The normalized spacial score (nSPS) is 21.4. The molecule has 0 bridgehead atoms. The van der Waals surface area contributed by atoms with Crippen molar-refractivity contribution in [1.29, 1.82) is 0 Å². The zero-order chi connectivity index (χ0) is 13.5. The summed E-state index contributed by atoms with van der Waals surface area (Å²) in [6, 6.07) is 2.22. The highest BCUT2D eigenvalue weighted by Gasteiger charge is 2.35. The lowest BCUT2D eigenvalue weighted by Crippen LogP contribution is -2.45. The molecule has 1 aromatic heterocycles. The van der Waals surface area contributed by atoms with E-state index in [0.29, 0.717) is 5.92 Å². The molecule has 0 radical (unpaired) electrons. The first kappa shape index (κ1) is 13.6. The molecule has 4 heteroatoms. The van der Waals surface area contributed by atoms with Gasteiger partial charge in [0.05, 0.1) is 23.0 Å². The predicted octanol–water partition coefficient (Wildman–Crippen LogP) is 1.84. The molecular formula is C14H25N3O. The van der Waals surface area contributed by atoms with E-state index in [4.69, 9.17) is 5.10 Å². The van der Waals surface area contributed by atoms with Crippen LogP contribution in [-0.2, 0) is 13.0 Å². The second-order valence-corrected chi connectivity index (χ2v) is 6.54. The Morgan fingerprint density at radius 2 is 2.17 bits per heavy atom. The fraction of sp³-hybridized carbons (Fsp3) is 0.786. The number of aliphatic hydroxyl groups is 1. The van der Waals surface area contributed by atoms with Gasteiger partial charge in [-0.15, -0.1) is 0 Å². The van der Waals surface area contributed by atoms with Crippen LogP contribution in [0.5, 0.6) is 0 Å². The van der Waals surface area contributed by atoms with Gasteiger partial charge in [-0.1, -0.05) is 13.8 Å². The molecule has 0 aliphatic carbocycles. The van der Waals surface area contributed by atoms with Crippen LogP contribution >= 0.6 is 0 Å². The first-order chi connectivity index (χ1) is 8.27. The molecule has 102 valence electrons. The number of hydrogen-bond acceptors (Lipinski definition) is 3. The third kappa shape index (κ3) is 2.75. The SMILES string of the molecule is CC(C)Cc1cc2n(n1)C(C(C)(C)O)CN(C)C2. The van der Waals surface area contributed by atoms with E-state index >= 15 is 0 Å². The summed E-state index contributed by atoms with van der Waals surface area (Å²) in [5, 5.41) is 15.0. The molecule has 1 unspecified atom stereocenters. The summed E-state index contributed by atoms with van der Waals surface area (Å²) in [4.78, 5) is 2.25. The number of aromatic nitrogens is 2. The molecule has 0 aromatic carbocycles. The van der Waals surface area contributed by atoms with Crippen molar-refractivity contribution in [2.45, 2.75) is 52.3 Å². The van der Waals surface area contributed by atoms with Crippen LogP contribution in [0, 0.1) is 5.92 Å². The van der Waals surface area contributed by atoms with E-state index in [-0.39, 0.29) is 6.04 Å². The summed E-state index contributed by atoms with van der Waals surface area (Å²) in [6.45, 7) is 9.90. The van der Waals surface area contributed by atoms with Gasteiger partial charge in [0.25, 0.3) is 0 Å². The monoisotopic (exact) mass is 251 g/mol. The minimum atomic E-state index is -0.745. The number of rotatable bonds is 3. The molecule has 1 aliphatic heterocycles. The van der Waals surface area contributed by atoms with Crippen LogP contribution in [0.25, 0.3) is 0 Å². The number of fused-ring (bicyclic) bond motifs is 1. The Bertz CT molecular complexity index is 417. The first-order valence-electron chi connectivity index (χ1n) is 6.75. The summed E-state index contributed by atoms with van der Waals surface area (Å²) in [6.07, 6.45) is 1.00. The Balaban J connectivity index is 2.33. The smallest absolute Gasteiger partial charge is 0.0930 e. The summed E-state index contributed by atoms with van der Waals surface area (Å²) >= 11 is 0. The van der Waals surface area contributed by atoms with Crippen molar-refractivity contribution >= 4 is 0 Å². The fourth-order valence-electron chi connectivity index (χ4n) is 2.63. The van der Waals surface area contributed by atoms with E-state index < -0.39 is 5.60 Å². The molecule has 0 spiro atoms. The van der Waals surface area contributed by atoms with E-state index in [2.05, 4.69) is 31.9 Å². The molecule has 2 rings (SSSR count). The molecule has 1 aromatic rings. The molecule has 18 heavy (non-hydrogen) atoms. The Morgan fingerprint density at radius 1 is 1.50 bits per heavy atom. The second-order valence-electron chi connectivity index (χ2n) is 6.54. The maximum Gasteiger partial charge on any atom is 0.0930 e. The van der Waals surface area contributed by atoms with Gasteiger partial charge in [-0.2, -0.15) is 5.10 Å². The number of likely N-dealkylation sites (N-methyl/N-ethyl adjacent to an activating group) is 1. The zero-order valence-corrected chi connectivity index (χ0v) is 12.1. The van der Waals surface area contributed by atoms with Crippen molar-refractivity contribution in [3.63, 3.8) is 0 Å². The Hall–Kier alpha value is -0.870. The summed E-state index contributed by atoms with van der Waals surface area (Å²) in [7, 11) is 2.09. The zero-order valence-electron chi connectivity index (χ0n) is 12.1. The molecule has 1 aliphatic rings. The predicted molar refractivity (Wildman–Crippen MR) is 72.4 cm³/mol. The largest absolute Gasteiger partial charge is 0.388 e. The van der Waals surface area contributed by atoms with Crippen LogP contribution in [-0.4, -0.2) is 39.0 Å². The van der Waals surface area contributed by atoms with E-state index in [0.717, 1.165) is 25.2 Å². The number of hydrogen-bond donors (Lipinski definition) is 1. The van der Waals surface area contributed by atoms with Gasteiger partial charge >= 0.3 is 0 Å². The third-order valence-electron chi connectivity index (χ3n) is 3.51. The van der Waals surface area contributed by atoms with Gasteiger partial charge < -0.3 is 5.11 Å². The first-order valence-corrected chi connectivity index (χ1v) is 6.75. The lowest BCUT2D eigenvalue weighted by atomic mass is 9.97. The Labute approximate surface area is 110 Å². The van der Waals surface area contributed by atoms with Crippen LogP contribution in [0.2, 0.25) is 0 Å². The van der Waals surface area contributed by atoms with Crippen LogP contribution in [0.15, 0.2) is 6.07 Å². The van der Waals surface area contributed by atoms with Gasteiger partial charge in [0.1, 0.15) is 0 Å². The topological polar surface area (TPSA) is 41.3 Å². The quantitative estimate of drug-likeness (QED) is 0.891. The minimum Gasteiger partial charge on any atom is -0.388 e. The van der Waals surface area contributed by atoms with Gasteiger partial charge in [0.15, 0.2) is 0 Å². The highest BCUT2D eigenvalue weighted by molar-refractivity contribution is 5.15. The lowest BCUT2D eigenvalue weighted by molar-refractivity contribution is -0.00738. The molecule has 4 nitrogen and oxygen atoms in total. The molecule has 1 atom stereocenters.